The minimum atomic E-state index is -4.57. The number of aromatic nitrogens is 2. The van der Waals surface area contributed by atoms with Crippen LogP contribution in [-0.4, -0.2) is 74.8 Å². The van der Waals surface area contributed by atoms with Crippen molar-refractivity contribution in [2.24, 2.45) is 11.3 Å². The Hall–Kier alpha value is -2.66. The zero-order valence-corrected chi connectivity index (χ0v) is 22.1. The number of aliphatic hydroxyl groups is 2. The number of benzene rings is 1. The van der Waals surface area contributed by atoms with Crippen LogP contribution in [0.25, 0.3) is 16.6 Å². The van der Waals surface area contributed by atoms with E-state index in [1.165, 1.54) is 0 Å². The number of nitrogens with two attached hydrogens (primary N) is 1. The van der Waals surface area contributed by atoms with Gasteiger partial charge in [0, 0.05) is 22.9 Å². The fraction of sp³-hybridized carbons (Fsp3) is 0.552. The van der Waals surface area contributed by atoms with E-state index in [1.54, 1.807) is 6.08 Å². The Labute approximate surface area is 224 Å². The lowest BCUT2D eigenvalue weighted by molar-refractivity contribution is -0.170. The van der Waals surface area contributed by atoms with Crippen molar-refractivity contribution < 1.29 is 28.1 Å². The Balaban J connectivity index is 1.39. The molecule has 1 aromatic heterocycles. The minimum Gasteiger partial charge on any atom is -0.388 e. The minimum absolute atomic E-state index is 0.140. The average Bonchev–Trinajstić information content (AvgIpc) is 3.50. The predicted octanol–water partition coefficient (Wildman–Crippen LogP) is 4.10. The highest BCUT2D eigenvalue weighted by atomic mass is 19.4. The molecule has 10 heteroatoms. The first-order valence-corrected chi connectivity index (χ1v) is 13.5. The highest BCUT2D eigenvalue weighted by Crippen LogP contribution is 2.70. The van der Waals surface area contributed by atoms with E-state index in [-0.39, 0.29) is 24.0 Å². The lowest BCUT2D eigenvalue weighted by Gasteiger charge is -2.57. The monoisotopic (exact) mass is 542 g/mol. The van der Waals surface area contributed by atoms with Gasteiger partial charge >= 0.3 is 6.18 Å². The Morgan fingerprint density at radius 2 is 1.97 bits per heavy atom. The number of allylic oxidation sites excluding steroid dienone is 3. The summed E-state index contributed by atoms with van der Waals surface area (Å²) in [5.74, 6) is 0.0861. The number of rotatable bonds is 2. The molecule has 7 unspecified atom stereocenters. The van der Waals surface area contributed by atoms with Crippen LogP contribution < -0.4 is 5.73 Å². The molecule has 0 amide bonds. The first-order chi connectivity index (χ1) is 18.3. The van der Waals surface area contributed by atoms with Crippen LogP contribution in [0, 0.1) is 11.3 Å². The van der Waals surface area contributed by atoms with Crippen LogP contribution in [0.2, 0.25) is 0 Å². The van der Waals surface area contributed by atoms with E-state index in [2.05, 4.69) is 16.0 Å². The Morgan fingerprint density at radius 1 is 1.21 bits per heavy atom. The van der Waals surface area contributed by atoms with E-state index in [1.807, 2.05) is 44.1 Å². The van der Waals surface area contributed by atoms with Gasteiger partial charge in [0.2, 0.25) is 0 Å². The predicted molar refractivity (Wildman–Crippen MR) is 140 cm³/mol. The van der Waals surface area contributed by atoms with Crippen molar-refractivity contribution in [1.29, 1.82) is 0 Å². The van der Waals surface area contributed by atoms with E-state index in [0.29, 0.717) is 42.7 Å². The largest absolute Gasteiger partial charge is 0.413 e. The number of nitrogen functional groups attached to an aromatic ring is 1. The van der Waals surface area contributed by atoms with Crippen LogP contribution >= 0.6 is 0 Å². The van der Waals surface area contributed by atoms with E-state index >= 15 is 0 Å². The zero-order valence-electron chi connectivity index (χ0n) is 22.1. The average molecular weight is 543 g/mol. The zero-order chi connectivity index (χ0) is 27.7. The molecule has 5 N–H and O–H groups in total. The van der Waals surface area contributed by atoms with Gasteiger partial charge < -0.3 is 30.6 Å². The fourth-order valence-corrected chi connectivity index (χ4v) is 8.57. The van der Waals surface area contributed by atoms with Crippen molar-refractivity contribution in [2.75, 3.05) is 19.8 Å². The second-order valence-electron chi connectivity index (χ2n) is 12.5. The maximum atomic E-state index is 14.9. The summed E-state index contributed by atoms with van der Waals surface area (Å²) in [6.45, 7) is 1.94. The molecule has 2 bridgehead atoms. The van der Waals surface area contributed by atoms with Crippen molar-refractivity contribution >= 4 is 22.6 Å². The third-order valence-corrected chi connectivity index (χ3v) is 10.3. The van der Waals surface area contributed by atoms with Crippen LogP contribution in [0.5, 0.6) is 0 Å². The van der Waals surface area contributed by atoms with Crippen LogP contribution in [-0.2, 0) is 4.74 Å². The molecule has 7 nitrogen and oxygen atoms in total. The molecule has 7 rings (SSSR count). The first kappa shape index (κ1) is 25.3. The van der Waals surface area contributed by atoms with Crippen molar-refractivity contribution in [3.8, 4) is 0 Å². The molecule has 0 radical (unpaired) electrons. The molecule has 1 saturated heterocycles. The van der Waals surface area contributed by atoms with Gasteiger partial charge in [0.1, 0.15) is 6.10 Å². The van der Waals surface area contributed by atoms with Gasteiger partial charge in [-0.05, 0) is 80.6 Å². The number of ether oxygens (including phenoxy) is 1. The number of hydrogen-bond donors (Lipinski definition) is 4. The number of nitrogens with zero attached hydrogens (tertiary/aromatic N) is 2. The summed E-state index contributed by atoms with van der Waals surface area (Å²) in [5.41, 5.74) is 6.09. The van der Waals surface area contributed by atoms with Crippen LogP contribution in [0.15, 0.2) is 47.1 Å². The van der Waals surface area contributed by atoms with Crippen molar-refractivity contribution in [3.63, 3.8) is 0 Å². The van der Waals surface area contributed by atoms with Crippen LogP contribution in [0.3, 0.4) is 0 Å². The van der Waals surface area contributed by atoms with Crippen molar-refractivity contribution in [1.82, 2.24) is 14.9 Å². The number of alkyl halides is 3. The van der Waals surface area contributed by atoms with Gasteiger partial charge in [0.05, 0.1) is 28.3 Å². The molecule has 39 heavy (non-hydrogen) atoms. The summed E-state index contributed by atoms with van der Waals surface area (Å²) in [5, 5.41) is 22.0. The number of aromatic amines is 1. The number of halogens is 3. The molecule has 1 aromatic carbocycles. The molecular weight excluding hydrogens is 509 g/mol. The van der Waals surface area contributed by atoms with Gasteiger partial charge in [-0.3, -0.25) is 0 Å². The maximum Gasteiger partial charge on any atom is 0.413 e. The standard InChI is InChI=1S/C29H33F3N4O3/c1-26-12-18(29(30,31)32)16-11-17-23(37)24(38)21(36(2)3)13-27(17)8-9-28(16,39-27)22(26)7-5-15(26)14-4-6-19-20(10-14)35-25(33)34-19/h4-6,10-11,21-24,37-38H,7-9,12-13H2,1-3H3,(H3,33,34,35). The SMILES string of the molecule is CN(C)C1CC23CCC4(O2)C(=C(C(F)(F)F)CC2(C)C(c5ccc6nc(N)[nH]c6c5)=CCC24)C=C3C(O)C1O. The number of imidazole rings is 1. The van der Waals surface area contributed by atoms with E-state index < -0.39 is 40.6 Å². The molecule has 2 fully saturated rings. The van der Waals surface area contributed by atoms with Crippen molar-refractivity contribution in [3.05, 3.63) is 52.6 Å². The van der Waals surface area contributed by atoms with E-state index in [9.17, 15) is 23.4 Å². The van der Waals surface area contributed by atoms with Gasteiger partial charge in [0.15, 0.2) is 5.95 Å². The smallest absolute Gasteiger partial charge is 0.388 e. The number of likely N-dealkylation sites (N-methyl/N-ethyl adjacent to an activating group) is 1. The fourth-order valence-electron chi connectivity index (χ4n) is 8.57. The highest BCUT2D eigenvalue weighted by Gasteiger charge is 2.69. The second kappa shape index (κ2) is 7.75. The third kappa shape index (κ3) is 3.23. The highest BCUT2D eigenvalue weighted by molar-refractivity contribution is 5.84. The summed E-state index contributed by atoms with van der Waals surface area (Å²) >= 11 is 0. The number of aliphatic hydroxyl groups excluding tert-OH is 2. The molecular formula is C29H33F3N4O3. The number of H-pyrrole nitrogens is 1. The Bertz CT molecular complexity index is 1490. The summed E-state index contributed by atoms with van der Waals surface area (Å²) < 4.78 is 51.5. The van der Waals surface area contributed by atoms with Gasteiger partial charge in [-0.2, -0.15) is 13.2 Å². The Kier molecular flexibility index (Phi) is 5.03. The van der Waals surface area contributed by atoms with Gasteiger partial charge in [-0.25, -0.2) is 4.98 Å². The number of anilines is 1. The van der Waals surface area contributed by atoms with Crippen LogP contribution in [0.1, 0.15) is 44.6 Å². The Morgan fingerprint density at radius 3 is 2.69 bits per heavy atom. The molecule has 2 aromatic rings. The van der Waals surface area contributed by atoms with Crippen molar-refractivity contribution in [2.45, 2.75) is 74.7 Å². The van der Waals surface area contributed by atoms with Gasteiger partial charge in [0.25, 0.3) is 0 Å². The molecule has 1 saturated carbocycles. The molecule has 3 heterocycles. The third-order valence-electron chi connectivity index (χ3n) is 10.3. The van der Waals surface area contributed by atoms with Crippen LogP contribution in [0.4, 0.5) is 19.1 Å². The van der Waals surface area contributed by atoms with Gasteiger partial charge in [-0.1, -0.05) is 25.1 Å². The summed E-state index contributed by atoms with van der Waals surface area (Å²) in [6, 6.07) is 5.29. The number of hydrogen-bond acceptors (Lipinski definition) is 6. The second-order valence-corrected chi connectivity index (χ2v) is 12.5. The number of fused-ring (bicyclic) bond motifs is 2. The first-order valence-electron chi connectivity index (χ1n) is 13.5. The van der Waals surface area contributed by atoms with Gasteiger partial charge in [-0.15, -0.1) is 0 Å². The molecule has 3 aliphatic carbocycles. The normalized spacial score (nSPS) is 39.5. The molecule has 2 aliphatic heterocycles. The summed E-state index contributed by atoms with van der Waals surface area (Å²) in [6.07, 6.45) is -1.58. The molecule has 7 atom stereocenters. The molecule has 208 valence electrons. The van der Waals surface area contributed by atoms with E-state index in [0.717, 1.165) is 16.7 Å². The maximum absolute atomic E-state index is 14.9. The summed E-state index contributed by atoms with van der Waals surface area (Å²) in [4.78, 5) is 9.14. The quantitative estimate of drug-likeness (QED) is 0.455. The summed E-state index contributed by atoms with van der Waals surface area (Å²) in [7, 11) is 3.67. The lowest BCUT2D eigenvalue weighted by atomic mass is 9.56. The lowest BCUT2D eigenvalue weighted by Crippen LogP contribution is -2.62. The van der Waals surface area contributed by atoms with E-state index in [4.69, 9.17) is 10.5 Å². The molecule has 2 spiro atoms. The molecule has 5 aliphatic rings. The topological polar surface area (TPSA) is 108 Å². The number of nitrogens with one attached hydrogen (secondary N) is 1.